The molecule has 5 nitrogen and oxygen atoms in total. The Morgan fingerprint density at radius 1 is 0.963 bits per heavy atom. The van der Waals surface area contributed by atoms with Crippen molar-refractivity contribution >= 4 is 11.8 Å². The zero-order valence-electron chi connectivity index (χ0n) is 17.6. The fraction of sp³-hybridized carbons (Fsp3) is 0.727. The first-order valence-electron chi connectivity index (χ1n) is 10.3. The molecule has 5 heteroatoms. The molecule has 0 spiro atoms. The number of hydrogen-bond acceptors (Lipinski definition) is 3. The summed E-state index contributed by atoms with van der Waals surface area (Å²) in [5, 5.41) is 2.87. The van der Waals surface area contributed by atoms with Gasteiger partial charge in [0.1, 0.15) is 6.73 Å². The summed E-state index contributed by atoms with van der Waals surface area (Å²) in [6, 6.07) is 0. The van der Waals surface area contributed by atoms with Gasteiger partial charge in [0, 0.05) is 32.2 Å². The van der Waals surface area contributed by atoms with Crippen LogP contribution in [-0.4, -0.2) is 43.6 Å². The number of nitrogens with zero attached hydrogens (tertiary/aromatic N) is 1. The molecule has 0 rings (SSSR count). The summed E-state index contributed by atoms with van der Waals surface area (Å²) in [5.74, 6) is 0.0523. The van der Waals surface area contributed by atoms with Crippen molar-refractivity contribution in [3.8, 4) is 0 Å². The average Bonchev–Trinajstić information content (AvgIpc) is 2.64. The second-order valence-electron chi connectivity index (χ2n) is 7.14. The van der Waals surface area contributed by atoms with Crippen LogP contribution in [0.4, 0.5) is 0 Å². The molecule has 1 N–H and O–H groups in total. The zero-order chi connectivity index (χ0) is 20.3. The summed E-state index contributed by atoms with van der Waals surface area (Å²) in [6.45, 7) is 10.8. The van der Waals surface area contributed by atoms with Gasteiger partial charge < -0.3 is 15.0 Å². The van der Waals surface area contributed by atoms with Crippen LogP contribution in [0.1, 0.15) is 77.6 Å². The molecule has 0 radical (unpaired) electrons. The zero-order valence-corrected chi connectivity index (χ0v) is 17.6. The van der Waals surface area contributed by atoms with E-state index in [0.29, 0.717) is 18.7 Å². The highest BCUT2D eigenvalue weighted by molar-refractivity contribution is 5.91. The van der Waals surface area contributed by atoms with Crippen LogP contribution in [-0.2, 0) is 14.3 Å². The van der Waals surface area contributed by atoms with E-state index in [2.05, 4.69) is 18.5 Å². The molecule has 156 valence electrons. The van der Waals surface area contributed by atoms with Crippen molar-refractivity contribution in [1.29, 1.82) is 0 Å². The van der Waals surface area contributed by atoms with Crippen LogP contribution in [0.2, 0.25) is 0 Å². The second kappa shape index (κ2) is 17.8. The molecule has 0 aromatic heterocycles. The minimum absolute atomic E-state index is 0.0367. The summed E-state index contributed by atoms with van der Waals surface area (Å²) in [5.41, 5.74) is 0.574. The first-order chi connectivity index (χ1) is 13.0. The standard InChI is InChI=1S/C22H40N2O3/c1-5-16-21(25)24(19-27-4)18-15-13-11-9-7-6-8-10-12-14-17-23-22(26)20(2)3/h5H,1-2,6-19H2,3-4H3,(H,23,26). The van der Waals surface area contributed by atoms with E-state index in [1.54, 1.807) is 25.0 Å². The van der Waals surface area contributed by atoms with Crippen molar-refractivity contribution in [3.05, 3.63) is 24.8 Å². The lowest BCUT2D eigenvalue weighted by atomic mass is 10.1. The number of rotatable bonds is 18. The van der Waals surface area contributed by atoms with Crippen molar-refractivity contribution in [1.82, 2.24) is 10.2 Å². The topological polar surface area (TPSA) is 58.6 Å². The molecule has 0 aromatic rings. The Labute approximate surface area is 166 Å². The average molecular weight is 381 g/mol. The first-order valence-corrected chi connectivity index (χ1v) is 10.3. The quantitative estimate of drug-likeness (QED) is 0.164. The highest BCUT2D eigenvalue weighted by Crippen LogP contribution is 2.11. The Kier molecular flexibility index (Phi) is 16.7. The van der Waals surface area contributed by atoms with Gasteiger partial charge in [-0.1, -0.05) is 64.0 Å². The summed E-state index contributed by atoms with van der Waals surface area (Å²) in [6.07, 6.45) is 14.0. The van der Waals surface area contributed by atoms with Crippen LogP contribution >= 0.6 is 0 Å². The van der Waals surface area contributed by atoms with Crippen LogP contribution in [0.15, 0.2) is 24.8 Å². The molecular weight excluding hydrogens is 340 g/mol. The van der Waals surface area contributed by atoms with Gasteiger partial charge in [-0.3, -0.25) is 9.59 Å². The lowest BCUT2D eigenvalue weighted by molar-refractivity contribution is -0.135. The van der Waals surface area contributed by atoms with Gasteiger partial charge in [0.2, 0.25) is 11.8 Å². The molecule has 0 bridgehead atoms. The van der Waals surface area contributed by atoms with E-state index in [1.165, 1.54) is 44.9 Å². The van der Waals surface area contributed by atoms with Crippen LogP contribution in [0, 0.1) is 0 Å². The van der Waals surface area contributed by atoms with Crippen molar-refractivity contribution < 1.29 is 14.3 Å². The summed E-state index contributed by atoms with van der Waals surface area (Å²) in [4.78, 5) is 25.0. The van der Waals surface area contributed by atoms with E-state index in [4.69, 9.17) is 4.74 Å². The third-order valence-corrected chi connectivity index (χ3v) is 4.48. The van der Waals surface area contributed by atoms with E-state index in [1.807, 2.05) is 0 Å². The highest BCUT2D eigenvalue weighted by atomic mass is 16.5. The molecule has 0 saturated carbocycles. The minimum atomic E-state index is -0.0367. The predicted molar refractivity (Wildman–Crippen MR) is 112 cm³/mol. The molecule has 0 aromatic carbocycles. The number of nitrogens with one attached hydrogen (secondary N) is 1. The molecule has 2 amide bonds. The van der Waals surface area contributed by atoms with Gasteiger partial charge in [-0.05, 0) is 19.8 Å². The molecule has 0 aliphatic heterocycles. The van der Waals surface area contributed by atoms with Crippen molar-refractivity contribution in [2.45, 2.75) is 77.6 Å². The van der Waals surface area contributed by atoms with Gasteiger partial charge in [0.05, 0.1) is 0 Å². The maximum absolute atomic E-state index is 11.9. The van der Waals surface area contributed by atoms with Crippen molar-refractivity contribution in [2.75, 3.05) is 26.9 Å². The van der Waals surface area contributed by atoms with Crippen LogP contribution in [0.5, 0.6) is 0 Å². The first kappa shape index (κ1) is 25.4. The number of methoxy groups -OCH3 is 1. The van der Waals surface area contributed by atoms with Crippen LogP contribution < -0.4 is 5.32 Å². The summed E-state index contributed by atoms with van der Waals surface area (Å²) < 4.78 is 5.10. The predicted octanol–water partition coefficient (Wildman–Crippen LogP) is 4.59. The molecule has 27 heavy (non-hydrogen) atoms. The number of ether oxygens (including phenoxy) is 1. The van der Waals surface area contributed by atoms with E-state index >= 15 is 0 Å². The summed E-state index contributed by atoms with van der Waals surface area (Å²) >= 11 is 0. The Balaban J connectivity index is 3.44. The van der Waals surface area contributed by atoms with E-state index in [0.717, 1.165) is 32.4 Å². The maximum atomic E-state index is 11.9. The monoisotopic (exact) mass is 380 g/mol. The number of carbonyl (C=O) groups excluding carboxylic acids is 2. The third-order valence-electron chi connectivity index (χ3n) is 4.48. The number of hydrogen-bond donors (Lipinski definition) is 1. The maximum Gasteiger partial charge on any atom is 0.246 e. The van der Waals surface area contributed by atoms with E-state index in [-0.39, 0.29) is 11.8 Å². The third kappa shape index (κ3) is 15.2. The molecule has 0 aliphatic carbocycles. The van der Waals surface area contributed by atoms with Crippen LogP contribution in [0.3, 0.4) is 0 Å². The Morgan fingerprint density at radius 3 is 1.96 bits per heavy atom. The summed E-state index contributed by atoms with van der Waals surface area (Å²) in [7, 11) is 1.62. The molecule has 0 heterocycles. The smallest absolute Gasteiger partial charge is 0.246 e. The van der Waals surface area contributed by atoms with E-state index < -0.39 is 0 Å². The number of amides is 2. The fourth-order valence-corrected chi connectivity index (χ4v) is 2.86. The highest BCUT2D eigenvalue weighted by Gasteiger charge is 2.10. The normalized spacial score (nSPS) is 10.4. The van der Waals surface area contributed by atoms with Gasteiger partial charge in [-0.25, -0.2) is 0 Å². The molecule has 0 fully saturated rings. The van der Waals surface area contributed by atoms with Gasteiger partial charge in [-0.2, -0.15) is 0 Å². The second-order valence-corrected chi connectivity index (χ2v) is 7.14. The Morgan fingerprint density at radius 2 is 1.48 bits per heavy atom. The minimum Gasteiger partial charge on any atom is -0.364 e. The molecule has 0 aliphatic rings. The number of carbonyl (C=O) groups is 2. The lowest BCUT2D eigenvalue weighted by Crippen LogP contribution is -2.33. The SMILES string of the molecule is C=CCC(=O)N(CCCCCCCCCCCCNC(=O)C(=C)C)COC. The Bertz CT molecular complexity index is 435. The molecular formula is C22H40N2O3. The molecule has 0 atom stereocenters. The van der Waals surface area contributed by atoms with Crippen molar-refractivity contribution in [3.63, 3.8) is 0 Å². The fourth-order valence-electron chi connectivity index (χ4n) is 2.86. The molecule has 0 saturated heterocycles. The van der Waals surface area contributed by atoms with Gasteiger partial charge in [0.25, 0.3) is 0 Å². The van der Waals surface area contributed by atoms with Gasteiger partial charge >= 0.3 is 0 Å². The van der Waals surface area contributed by atoms with Gasteiger partial charge in [0.15, 0.2) is 0 Å². The molecule has 0 unspecified atom stereocenters. The largest absolute Gasteiger partial charge is 0.364 e. The van der Waals surface area contributed by atoms with E-state index in [9.17, 15) is 9.59 Å². The van der Waals surface area contributed by atoms with Crippen molar-refractivity contribution in [2.24, 2.45) is 0 Å². The van der Waals surface area contributed by atoms with Crippen LogP contribution in [0.25, 0.3) is 0 Å². The van der Waals surface area contributed by atoms with Gasteiger partial charge in [-0.15, -0.1) is 6.58 Å². The Hall–Kier alpha value is -1.62. The lowest BCUT2D eigenvalue weighted by Gasteiger charge is -2.21. The number of unbranched alkanes of at least 4 members (excludes halogenated alkanes) is 9.